The number of fused-ring (bicyclic) bond motifs is 1. The van der Waals surface area contributed by atoms with Gasteiger partial charge in [0.1, 0.15) is 6.61 Å². The quantitative estimate of drug-likeness (QED) is 0.460. The van der Waals surface area contributed by atoms with Crippen molar-refractivity contribution in [1.29, 1.82) is 0 Å². The molecule has 24 heavy (non-hydrogen) atoms. The van der Waals surface area contributed by atoms with E-state index in [9.17, 15) is 4.79 Å². The number of pyridine rings is 1. The van der Waals surface area contributed by atoms with Crippen LogP contribution in [0.1, 0.15) is 18.2 Å². The first-order chi connectivity index (χ1) is 11.7. The maximum Gasteiger partial charge on any atom is 0.347 e. The van der Waals surface area contributed by atoms with Gasteiger partial charge in [-0.1, -0.05) is 11.2 Å². The third kappa shape index (κ3) is 4.01. The molecule has 0 saturated heterocycles. The number of hydrogen-bond acceptors (Lipinski definition) is 7. The monoisotopic (exact) mass is 328 g/mol. The fourth-order valence-corrected chi connectivity index (χ4v) is 2.04. The van der Waals surface area contributed by atoms with E-state index in [0.29, 0.717) is 22.9 Å². The van der Waals surface area contributed by atoms with Gasteiger partial charge >= 0.3 is 5.97 Å². The summed E-state index contributed by atoms with van der Waals surface area (Å²) in [6, 6.07) is 10.8. The number of esters is 1. The molecule has 124 valence electrons. The van der Waals surface area contributed by atoms with E-state index in [0.717, 1.165) is 5.56 Å². The number of rotatable bonds is 6. The Balaban J connectivity index is 1.47. The Morgan fingerprint density at radius 2 is 2.12 bits per heavy atom. The summed E-state index contributed by atoms with van der Waals surface area (Å²) in [5.41, 5.74) is 2.11. The summed E-state index contributed by atoms with van der Waals surface area (Å²) in [6.07, 6.45) is 1.64. The first-order valence-electron chi connectivity index (χ1n) is 7.34. The summed E-state index contributed by atoms with van der Waals surface area (Å²) in [6.45, 7) is 1.83. The molecule has 0 bridgehead atoms. The topological polar surface area (TPSA) is 79.2 Å². The number of nitrogens with zero attached hydrogens (tertiary/aromatic N) is 2. The van der Waals surface area contributed by atoms with Gasteiger partial charge in [0.15, 0.2) is 11.5 Å². The second-order valence-corrected chi connectivity index (χ2v) is 5.00. The molecule has 0 N–H and O–H groups in total. The zero-order valence-electron chi connectivity index (χ0n) is 13.1. The van der Waals surface area contributed by atoms with Gasteiger partial charge < -0.3 is 19.0 Å². The van der Waals surface area contributed by atoms with E-state index in [1.807, 2.05) is 18.2 Å². The van der Waals surface area contributed by atoms with Crippen LogP contribution in [0.15, 0.2) is 47.8 Å². The van der Waals surface area contributed by atoms with E-state index in [1.54, 1.807) is 31.3 Å². The Hall–Kier alpha value is -3.09. The normalized spacial score (nSPS) is 12.8. The number of ether oxygens (including phenoxy) is 3. The highest BCUT2D eigenvalue weighted by Gasteiger charge is 2.14. The average molecular weight is 328 g/mol. The molecule has 1 aromatic heterocycles. The Bertz CT molecular complexity index is 746. The molecular formula is C17H16N2O5. The van der Waals surface area contributed by atoms with Crippen molar-refractivity contribution >= 4 is 11.7 Å². The van der Waals surface area contributed by atoms with E-state index in [4.69, 9.17) is 19.0 Å². The fraction of sp³-hybridized carbons (Fsp3) is 0.235. The zero-order valence-corrected chi connectivity index (χ0v) is 13.1. The lowest BCUT2D eigenvalue weighted by atomic mass is 10.1. The molecule has 2 heterocycles. The van der Waals surface area contributed by atoms with E-state index >= 15 is 0 Å². The van der Waals surface area contributed by atoms with Crippen molar-refractivity contribution in [2.45, 2.75) is 13.5 Å². The standard InChI is InChI=1S/C17H16N2O5/c1-12(13-5-6-15-16(8-13)23-11-22-15)19-24-10-17(20)21-9-14-4-2-3-7-18-14/h2-8H,9-11H2,1H3/b19-12+. The average Bonchev–Trinajstić information content (AvgIpc) is 3.08. The Morgan fingerprint density at radius 3 is 2.96 bits per heavy atom. The van der Waals surface area contributed by atoms with Gasteiger partial charge in [0, 0.05) is 11.8 Å². The zero-order chi connectivity index (χ0) is 16.8. The Kier molecular flexibility index (Phi) is 4.90. The van der Waals surface area contributed by atoms with Gasteiger partial charge in [0.2, 0.25) is 13.4 Å². The Labute approximate surface area is 138 Å². The maximum atomic E-state index is 11.6. The van der Waals surface area contributed by atoms with Gasteiger partial charge in [-0.15, -0.1) is 0 Å². The minimum absolute atomic E-state index is 0.105. The molecule has 0 saturated carbocycles. The summed E-state index contributed by atoms with van der Waals surface area (Å²) in [5, 5.41) is 3.92. The first-order valence-corrected chi connectivity index (χ1v) is 7.34. The number of carbonyl (C=O) groups excluding carboxylic acids is 1. The summed E-state index contributed by atoms with van der Waals surface area (Å²) in [7, 11) is 0. The molecule has 7 nitrogen and oxygen atoms in total. The summed E-state index contributed by atoms with van der Waals surface area (Å²) >= 11 is 0. The second kappa shape index (κ2) is 7.45. The fourth-order valence-electron chi connectivity index (χ4n) is 2.04. The molecule has 0 spiro atoms. The highest BCUT2D eigenvalue weighted by Crippen LogP contribution is 2.32. The van der Waals surface area contributed by atoms with Gasteiger partial charge in [0.05, 0.1) is 11.4 Å². The predicted molar refractivity (Wildman–Crippen MR) is 84.8 cm³/mol. The van der Waals surface area contributed by atoms with Crippen molar-refractivity contribution in [3.05, 3.63) is 53.9 Å². The van der Waals surface area contributed by atoms with E-state index in [-0.39, 0.29) is 20.0 Å². The molecule has 0 radical (unpaired) electrons. The van der Waals surface area contributed by atoms with E-state index in [2.05, 4.69) is 10.1 Å². The summed E-state index contributed by atoms with van der Waals surface area (Å²) < 4.78 is 15.6. The predicted octanol–water partition coefficient (Wildman–Crippen LogP) is 2.29. The van der Waals surface area contributed by atoms with Crippen LogP contribution >= 0.6 is 0 Å². The SMILES string of the molecule is C/C(=N\OCC(=O)OCc1ccccn1)c1ccc2c(c1)OCO2. The van der Waals surface area contributed by atoms with Crippen molar-refractivity contribution < 1.29 is 23.8 Å². The lowest BCUT2D eigenvalue weighted by molar-refractivity contribution is -0.150. The van der Waals surface area contributed by atoms with Gasteiger partial charge in [0.25, 0.3) is 0 Å². The Morgan fingerprint density at radius 1 is 1.25 bits per heavy atom. The maximum absolute atomic E-state index is 11.6. The van der Waals surface area contributed by atoms with Crippen LogP contribution in [0.4, 0.5) is 0 Å². The van der Waals surface area contributed by atoms with Crippen molar-refractivity contribution in [2.75, 3.05) is 13.4 Å². The minimum atomic E-state index is -0.511. The van der Waals surface area contributed by atoms with Crippen molar-refractivity contribution in [3.63, 3.8) is 0 Å². The molecule has 3 rings (SSSR count). The summed E-state index contributed by atoms with van der Waals surface area (Å²) in [5.74, 6) is 0.852. The minimum Gasteiger partial charge on any atom is -0.457 e. The van der Waals surface area contributed by atoms with Crippen LogP contribution < -0.4 is 9.47 Å². The number of oxime groups is 1. The van der Waals surface area contributed by atoms with Crippen LogP contribution in [0.5, 0.6) is 11.5 Å². The number of carbonyl (C=O) groups is 1. The largest absolute Gasteiger partial charge is 0.457 e. The number of aromatic nitrogens is 1. The van der Waals surface area contributed by atoms with Gasteiger partial charge in [-0.3, -0.25) is 4.98 Å². The van der Waals surface area contributed by atoms with Crippen LogP contribution in [0.2, 0.25) is 0 Å². The highest BCUT2D eigenvalue weighted by molar-refractivity contribution is 5.99. The van der Waals surface area contributed by atoms with Crippen molar-refractivity contribution in [3.8, 4) is 11.5 Å². The van der Waals surface area contributed by atoms with Gasteiger partial charge in [-0.05, 0) is 37.3 Å². The molecular weight excluding hydrogens is 312 g/mol. The van der Waals surface area contributed by atoms with Gasteiger partial charge in [-0.25, -0.2) is 4.79 Å². The molecule has 1 aromatic carbocycles. The lowest BCUT2D eigenvalue weighted by Crippen LogP contribution is -2.12. The van der Waals surface area contributed by atoms with Gasteiger partial charge in [-0.2, -0.15) is 0 Å². The van der Waals surface area contributed by atoms with Crippen LogP contribution in [-0.2, 0) is 21.0 Å². The molecule has 0 fully saturated rings. The van der Waals surface area contributed by atoms with Crippen LogP contribution in [0.25, 0.3) is 0 Å². The number of hydrogen-bond donors (Lipinski definition) is 0. The smallest absolute Gasteiger partial charge is 0.347 e. The molecule has 0 amide bonds. The summed E-state index contributed by atoms with van der Waals surface area (Å²) in [4.78, 5) is 20.7. The van der Waals surface area contributed by atoms with E-state index in [1.165, 1.54) is 0 Å². The highest BCUT2D eigenvalue weighted by atomic mass is 16.7. The molecule has 1 aliphatic heterocycles. The van der Waals surface area contributed by atoms with Crippen LogP contribution in [0.3, 0.4) is 0 Å². The molecule has 2 aromatic rings. The van der Waals surface area contributed by atoms with Crippen LogP contribution in [0, 0.1) is 0 Å². The second-order valence-electron chi connectivity index (χ2n) is 5.00. The molecule has 0 aliphatic carbocycles. The third-order valence-corrected chi connectivity index (χ3v) is 3.28. The van der Waals surface area contributed by atoms with E-state index < -0.39 is 5.97 Å². The molecule has 0 unspecified atom stereocenters. The third-order valence-electron chi connectivity index (χ3n) is 3.28. The van der Waals surface area contributed by atoms with Crippen LogP contribution in [-0.4, -0.2) is 30.1 Å². The van der Waals surface area contributed by atoms with Crippen molar-refractivity contribution in [2.24, 2.45) is 5.16 Å². The lowest BCUT2D eigenvalue weighted by Gasteiger charge is -2.05. The molecule has 7 heteroatoms. The number of benzene rings is 1. The molecule has 0 atom stereocenters. The van der Waals surface area contributed by atoms with Crippen molar-refractivity contribution in [1.82, 2.24) is 4.98 Å². The molecule has 1 aliphatic rings. The first kappa shape index (κ1) is 15.8.